The number of esters is 1. The fourth-order valence-electron chi connectivity index (χ4n) is 4.50. The molecule has 182 valence electrons. The van der Waals surface area contributed by atoms with Gasteiger partial charge in [0.1, 0.15) is 33.4 Å². The van der Waals surface area contributed by atoms with Gasteiger partial charge in [0, 0.05) is 17.8 Å². The maximum atomic E-state index is 15.2. The summed E-state index contributed by atoms with van der Waals surface area (Å²) >= 11 is 0.925. The molecule has 12 heteroatoms. The SMILES string of the molecule is COC(=O)c1sccc1S(=O)(=O)Nc1ccc(-c2cn(C3CCCC3)c3ncnc(N)c23)cc1F. The fraction of sp³-hybridized carbons (Fsp3) is 0.261. The molecule has 0 aliphatic heterocycles. The first-order valence-corrected chi connectivity index (χ1v) is 13.3. The Labute approximate surface area is 204 Å². The van der Waals surface area contributed by atoms with Crippen LogP contribution in [0.25, 0.3) is 22.2 Å². The van der Waals surface area contributed by atoms with Crippen molar-refractivity contribution in [3.8, 4) is 11.1 Å². The molecule has 3 N–H and O–H groups in total. The van der Waals surface area contributed by atoms with Gasteiger partial charge in [-0.2, -0.15) is 0 Å². The second-order valence-corrected chi connectivity index (χ2v) is 10.8. The summed E-state index contributed by atoms with van der Waals surface area (Å²) in [5, 5.41) is 2.08. The van der Waals surface area contributed by atoms with E-state index >= 15 is 4.39 Å². The van der Waals surface area contributed by atoms with Crippen LogP contribution in [0.15, 0.2) is 47.1 Å². The minimum atomic E-state index is -4.23. The summed E-state index contributed by atoms with van der Waals surface area (Å²) in [5.74, 6) is -1.27. The lowest BCUT2D eigenvalue weighted by Crippen LogP contribution is -2.16. The van der Waals surface area contributed by atoms with Crippen LogP contribution in [0.1, 0.15) is 41.4 Å². The molecule has 0 radical (unpaired) electrons. The molecule has 4 aromatic rings. The Morgan fingerprint density at radius 1 is 1.26 bits per heavy atom. The van der Waals surface area contributed by atoms with Gasteiger partial charge in [-0.25, -0.2) is 27.6 Å². The van der Waals surface area contributed by atoms with Crippen molar-refractivity contribution in [1.82, 2.24) is 14.5 Å². The van der Waals surface area contributed by atoms with Crippen LogP contribution in [0.3, 0.4) is 0 Å². The molecule has 0 saturated heterocycles. The third-order valence-corrected chi connectivity index (χ3v) is 8.60. The van der Waals surface area contributed by atoms with Gasteiger partial charge in [0.15, 0.2) is 0 Å². The maximum Gasteiger partial charge on any atom is 0.349 e. The summed E-state index contributed by atoms with van der Waals surface area (Å²) in [5.41, 5.74) is 7.80. The van der Waals surface area contributed by atoms with E-state index in [-0.39, 0.29) is 21.5 Å². The highest BCUT2D eigenvalue weighted by molar-refractivity contribution is 7.93. The number of carbonyl (C=O) groups excluding carboxylic acids is 1. The van der Waals surface area contributed by atoms with Crippen molar-refractivity contribution in [2.24, 2.45) is 0 Å². The predicted octanol–water partition coefficient (Wildman–Crippen LogP) is 4.58. The number of aromatic nitrogens is 3. The number of fused-ring (bicyclic) bond motifs is 1. The standard InChI is InChI=1S/C23H22FN5O4S2/c1-33-23(30)20-18(8-9-34-20)35(31,32)28-17-7-6-13(10-16(17)24)15-11-29(14-4-2-3-5-14)22-19(15)21(25)26-12-27-22/h6-12,14,28H,2-5H2,1H3,(H2,25,26,27). The molecule has 1 fully saturated rings. The van der Waals surface area contributed by atoms with E-state index in [4.69, 9.17) is 5.73 Å². The highest BCUT2D eigenvalue weighted by atomic mass is 32.2. The number of anilines is 2. The van der Waals surface area contributed by atoms with Gasteiger partial charge in [0.25, 0.3) is 10.0 Å². The van der Waals surface area contributed by atoms with E-state index in [1.165, 1.54) is 29.9 Å². The second kappa shape index (κ2) is 8.93. The quantitative estimate of drug-likeness (QED) is 0.360. The number of sulfonamides is 1. The molecule has 5 rings (SSSR count). The Morgan fingerprint density at radius 3 is 2.74 bits per heavy atom. The van der Waals surface area contributed by atoms with Crippen molar-refractivity contribution in [3.63, 3.8) is 0 Å². The molecule has 1 saturated carbocycles. The van der Waals surface area contributed by atoms with Crippen molar-refractivity contribution in [2.75, 3.05) is 17.6 Å². The first-order valence-electron chi connectivity index (χ1n) is 10.9. The van der Waals surface area contributed by atoms with Gasteiger partial charge in [-0.05, 0) is 42.0 Å². The molecule has 1 aromatic carbocycles. The van der Waals surface area contributed by atoms with Crippen LogP contribution in [-0.2, 0) is 14.8 Å². The Kier molecular flexibility index (Phi) is 5.93. The van der Waals surface area contributed by atoms with Crippen LogP contribution < -0.4 is 10.5 Å². The van der Waals surface area contributed by atoms with Crippen LogP contribution in [0.5, 0.6) is 0 Å². The molecular formula is C23H22FN5O4S2. The van der Waals surface area contributed by atoms with Gasteiger partial charge in [0.05, 0.1) is 18.2 Å². The number of nitrogens with one attached hydrogen (secondary N) is 1. The molecule has 35 heavy (non-hydrogen) atoms. The lowest BCUT2D eigenvalue weighted by molar-refractivity contribution is 0.0602. The number of rotatable bonds is 6. The fourth-order valence-corrected chi connectivity index (χ4v) is 6.91. The summed E-state index contributed by atoms with van der Waals surface area (Å²) in [6, 6.07) is 5.74. The molecule has 1 aliphatic carbocycles. The molecule has 0 spiro atoms. The second-order valence-electron chi connectivity index (χ2n) is 8.25. The topological polar surface area (TPSA) is 129 Å². The highest BCUT2D eigenvalue weighted by Crippen LogP contribution is 2.39. The number of nitrogens with zero attached hydrogens (tertiary/aromatic N) is 3. The molecule has 9 nitrogen and oxygen atoms in total. The van der Waals surface area contributed by atoms with Gasteiger partial charge >= 0.3 is 5.97 Å². The first kappa shape index (κ1) is 23.2. The zero-order valence-corrected chi connectivity index (χ0v) is 20.3. The number of hydrogen-bond acceptors (Lipinski definition) is 8. The van der Waals surface area contributed by atoms with E-state index in [9.17, 15) is 13.2 Å². The van der Waals surface area contributed by atoms with E-state index in [1.54, 1.807) is 6.07 Å². The third-order valence-electron chi connectivity index (χ3n) is 6.17. The van der Waals surface area contributed by atoms with Gasteiger partial charge in [0.2, 0.25) is 0 Å². The summed E-state index contributed by atoms with van der Waals surface area (Å²) in [6.07, 6.45) is 7.64. The number of halogens is 1. The van der Waals surface area contributed by atoms with E-state index in [0.29, 0.717) is 28.0 Å². The Morgan fingerprint density at radius 2 is 2.03 bits per heavy atom. The Bertz CT molecular complexity index is 1540. The van der Waals surface area contributed by atoms with Crippen molar-refractivity contribution in [2.45, 2.75) is 36.6 Å². The van der Waals surface area contributed by atoms with Crippen LogP contribution in [0, 0.1) is 5.82 Å². The van der Waals surface area contributed by atoms with Crippen LogP contribution in [0.2, 0.25) is 0 Å². The molecule has 3 heterocycles. The maximum absolute atomic E-state index is 15.2. The van der Waals surface area contributed by atoms with E-state index in [2.05, 4.69) is 24.0 Å². The van der Waals surface area contributed by atoms with Crippen LogP contribution >= 0.6 is 11.3 Å². The third kappa shape index (κ3) is 4.12. The summed E-state index contributed by atoms with van der Waals surface area (Å²) in [7, 11) is -3.07. The number of nitrogens with two attached hydrogens (primary N) is 1. The number of thiophene rings is 1. The first-order chi connectivity index (χ1) is 16.8. The van der Waals surface area contributed by atoms with Gasteiger partial charge < -0.3 is 15.0 Å². The average Bonchev–Trinajstić information content (AvgIpc) is 3.59. The van der Waals surface area contributed by atoms with Crippen molar-refractivity contribution < 1.29 is 22.3 Å². The molecule has 0 unspecified atom stereocenters. The van der Waals surface area contributed by atoms with Gasteiger partial charge in [-0.3, -0.25) is 4.72 Å². The number of methoxy groups -OCH3 is 1. The molecule has 1 aliphatic rings. The van der Waals surface area contributed by atoms with Gasteiger partial charge in [-0.1, -0.05) is 18.9 Å². The Balaban J connectivity index is 1.52. The van der Waals surface area contributed by atoms with E-state index < -0.39 is 21.8 Å². The average molecular weight is 516 g/mol. The number of hydrogen-bond donors (Lipinski definition) is 2. The zero-order valence-electron chi connectivity index (χ0n) is 18.7. The zero-order chi connectivity index (χ0) is 24.7. The summed E-state index contributed by atoms with van der Waals surface area (Å²) < 4.78 is 49.8. The molecule has 0 amide bonds. The monoisotopic (exact) mass is 515 g/mol. The van der Waals surface area contributed by atoms with Crippen LogP contribution in [0.4, 0.5) is 15.9 Å². The van der Waals surface area contributed by atoms with Crippen molar-refractivity contribution >= 4 is 49.9 Å². The molecule has 0 bridgehead atoms. The minimum absolute atomic E-state index is 0.0905. The molecular weight excluding hydrogens is 493 g/mol. The molecule has 3 aromatic heterocycles. The van der Waals surface area contributed by atoms with Crippen LogP contribution in [-0.4, -0.2) is 36.0 Å². The summed E-state index contributed by atoms with van der Waals surface area (Å²) in [4.78, 5) is 20.1. The normalized spacial score (nSPS) is 14.5. The lowest BCUT2D eigenvalue weighted by atomic mass is 10.1. The number of ether oxygens (including phenoxy) is 1. The van der Waals surface area contributed by atoms with E-state index in [1.807, 2.05) is 6.20 Å². The van der Waals surface area contributed by atoms with E-state index in [0.717, 1.165) is 44.1 Å². The predicted molar refractivity (Wildman–Crippen MR) is 131 cm³/mol. The highest BCUT2D eigenvalue weighted by Gasteiger charge is 2.27. The largest absolute Gasteiger partial charge is 0.465 e. The number of benzene rings is 1. The molecule has 0 atom stereocenters. The van der Waals surface area contributed by atoms with Gasteiger partial charge in [-0.15, -0.1) is 11.3 Å². The summed E-state index contributed by atoms with van der Waals surface area (Å²) in [6.45, 7) is 0. The number of carbonyl (C=O) groups is 1. The lowest BCUT2D eigenvalue weighted by Gasteiger charge is -2.12. The number of nitrogen functional groups attached to an aromatic ring is 1. The van der Waals surface area contributed by atoms with Crippen molar-refractivity contribution in [1.29, 1.82) is 0 Å². The Hall–Kier alpha value is -3.51. The smallest absolute Gasteiger partial charge is 0.349 e. The minimum Gasteiger partial charge on any atom is -0.465 e. The van der Waals surface area contributed by atoms with Crippen molar-refractivity contribution in [3.05, 3.63) is 52.9 Å².